The summed E-state index contributed by atoms with van der Waals surface area (Å²) in [7, 11) is 0. The molecule has 0 atom stereocenters. The van der Waals surface area contributed by atoms with Gasteiger partial charge in [0.1, 0.15) is 0 Å². The first-order chi connectivity index (χ1) is 10.2. The molecule has 3 aromatic rings. The van der Waals surface area contributed by atoms with E-state index < -0.39 is 0 Å². The first-order valence-corrected chi connectivity index (χ1v) is 7.36. The van der Waals surface area contributed by atoms with Crippen LogP contribution in [0, 0.1) is 0 Å². The fourth-order valence-electron chi connectivity index (χ4n) is 2.47. The molecule has 0 N–H and O–H groups in total. The van der Waals surface area contributed by atoms with E-state index >= 15 is 0 Å². The van der Waals surface area contributed by atoms with Gasteiger partial charge in [0, 0.05) is 6.42 Å². The molecule has 0 fully saturated rings. The summed E-state index contributed by atoms with van der Waals surface area (Å²) in [5, 5.41) is 2.99. The average molecular weight is 315 g/mol. The third-order valence-corrected chi connectivity index (χ3v) is 4.10. The van der Waals surface area contributed by atoms with Gasteiger partial charge in [-0.05, 0) is 28.5 Å². The summed E-state index contributed by atoms with van der Waals surface area (Å²) in [6, 6.07) is 19.1. The number of hydrogen-bond acceptors (Lipinski definition) is 1. The van der Waals surface area contributed by atoms with Crippen LogP contribution < -0.4 is 0 Å². The van der Waals surface area contributed by atoms with Gasteiger partial charge in [0.2, 0.25) is 0 Å². The summed E-state index contributed by atoms with van der Waals surface area (Å²) in [6.07, 6.45) is 0.283. The van der Waals surface area contributed by atoms with Crippen molar-refractivity contribution in [3.8, 4) is 0 Å². The summed E-state index contributed by atoms with van der Waals surface area (Å²) in [4.78, 5) is 12.5. The molecule has 0 aliphatic heterocycles. The molecule has 0 aliphatic rings. The minimum absolute atomic E-state index is 0.0676. The van der Waals surface area contributed by atoms with E-state index in [2.05, 4.69) is 0 Å². The number of benzene rings is 3. The molecular formula is C18H12Cl2O. The van der Waals surface area contributed by atoms with Gasteiger partial charge in [0.05, 0.1) is 15.6 Å². The van der Waals surface area contributed by atoms with Gasteiger partial charge in [-0.15, -0.1) is 0 Å². The summed E-state index contributed by atoms with van der Waals surface area (Å²) in [5.41, 5.74) is 1.38. The molecule has 0 aliphatic carbocycles. The highest BCUT2D eigenvalue weighted by atomic mass is 35.5. The zero-order chi connectivity index (χ0) is 14.8. The van der Waals surface area contributed by atoms with Crippen LogP contribution in [0.5, 0.6) is 0 Å². The molecule has 3 rings (SSSR count). The zero-order valence-electron chi connectivity index (χ0n) is 11.1. The molecule has 3 heteroatoms. The maximum atomic E-state index is 12.5. The van der Waals surface area contributed by atoms with Gasteiger partial charge in [-0.3, -0.25) is 4.79 Å². The van der Waals surface area contributed by atoms with Gasteiger partial charge in [0.15, 0.2) is 5.78 Å². The fraction of sp³-hybridized carbons (Fsp3) is 0.0556. The van der Waals surface area contributed by atoms with Crippen molar-refractivity contribution in [2.75, 3.05) is 0 Å². The summed E-state index contributed by atoms with van der Waals surface area (Å²) in [5.74, 6) is -0.0676. The summed E-state index contributed by atoms with van der Waals surface area (Å²) < 4.78 is 0. The second kappa shape index (κ2) is 5.88. The van der Waals surface area contributed by atoms with E-state index in [-0.39, 0.29) is 12.2 Å². The lowest BCUT2D eigenvalue weighted by Crippen LogP contribution is -2.05. The van der Waals surface area contributed by atoms with Gasteiger partial charge < -0.3 is 0 Å². The topological polar surface area (TPSA) is 17.1 Å². The Morgan fingerprint density at radius 2 is 1.43 bits per heavy atom. The number of hydrogen-bond donors (Lipinski definition) is 0. The van der Waals surface area contributed by atoms with E-state index in [4.69, 9.17) is 23.2 Å². The van der Waals surface area contributed by atoms with E-state index in [1.54, 1.807) is 18.2 Å². The Labute approximate surface area is 133 Å². The lowest BCUT2D eigenvalue weighted by atomic mass is 9.98. The predicted octanol–water partition coefficient (Wildman–Crippen LogP) is 5.57. The Hall–Kier alpha value is -1.83. The van der Waals surface area contributed by atoms with Gasteiger partial charge >= 0.3 is 0 Å². The van der Waals surface area contributed by atoms with E-state index in [0.29, 0.717) is 15.6 Å². The van der Waals surface area contributed by atoms with Crippen molar-refractivity contribution in [1.29, 1.82) is 0 Å². The highest BCUT2D eigenvalue weighted by molar-refractivity contribution is 6.39. The van der Waals surface area contributed by atoms with Crippen molar-refractivity contribution in [3.63, 3.8) is 0 Å². The lowest BCUT2D eigenvalue weighted by molar-refractivity contribution is 0.0993. The minimum Gasteiger partial charge on any atom is -0.294 e. The molecule has 1 nitrogen and oxygen atoms in total. The number of carbonyl (C=O) groups excluding carboxylic acids is 1. The minimum atomic E-state index is -0.0676. The van der Waals surface area contributed by atoms with Crippen LogP contribution in [0.15, 0.2) is 60.7 Å². The van der Waals surface area contributed by atoms with Gasteiger partial charge in [-0.2, -0.15) is 0 Å². The van der Waals surface area contributed by atoms with Crippen LogP contribution in [-0.4, -0.2) is 5.78 Å². The van der Waals surface area contributed by atoms with Crippen LogP contribution in [0.3, 0.4) is 0 Å². The van der Waals surface area contributed by atoms with Crippen LogP contribution >= 0.6 is 23.2 Å². The molecule has 0 spiro atoms. The molecular weight excluding hydrogens is 303 g/mol. The van der Waals surface area contributed by atoms with Crippen molar-refractivity contribution < 1.29 is 4.79 Å². The van der Waals surface area contributed by atoms with Crippen molar-refractivity contribution in [2.45, 2.75) is 6.42 Å². The van der Waals surface area contributed by atoms with Gasteiger partial charge in [0.25, 0.3) is 0 Å². The monoisotopic (exact) mass is 314 g/mol. The normalized spacial score (nSPS) is 10.8. The lowest BCUT2D eigenvalue weighted by Gasteiger charge is -2.08. The van der Waals surface area contributed by atoms with Crippen LogP contribution in [0.2, 0.25) is 10.0 Å². The van der Waals surface area contributed by atoms with E-state index in [9.17, 15) is 4.79 Å². The third-order valence-electron chi connectivity index (χ3n) is 3.47. The molecule has 0 unspecified atom stereocenters. The van der Waals surface area contributed by atoms with Gasteiger partial charge in [-0.1, -0.05) is 71.7 Å². The van der Waals surface area contributed by atoms with Crippen LogP contribution in [0.4, 0.5) is 0 Å². The highest BCUT2D eigenvalue weighted by Gasteiger charge is 2.15. The number of halogens is 2. The largest absolute Gasteiger partial charge is 0.294 e. The first-order valence-electron chi connectivity index (χ1n) is 6.60. The van der Waals surface area contributed by atoms with Crippen LogP contribution in [0.25, 0.3) is 10.8 Å². The predicted molar refractivity (Wildman–Crippen MR) is 88.4 cm³/mol. The van der Waals surface area contributed by atoms with Crippen molar-refractivity contribution in [1.82, 2.24) is 0 Å². The van der Waals surface area contributed by atoms with Crippen molar-refractivity contribution in [3.05, 3.63) is 81.8 Å². The van der Waals surface area contributed by atoms with Crippen molar-refractivity contribution in [2.24, 2.45) is 0 Å². The van der Waals surface area contributed by atoms with Crippen molar-refractivity contribution >= 4 is 39.8 Å². The summed E-state index contributed by atoms with van der Waals surface area (Å²) in [6.45, 7) is 0. The Bertz CT molecular complexity index is 799. The second-order valence-corrected chi connectivity index (χ2v) is 5.65. The standard InChI is InChI=1S/C18H12Cl2O/c19-15-9-4-10-16(20)18(15)17(21)11-13-7-3-6-12-5-1-2-8-14(12)13/h1-10H,11H2. The molecule has 0 saturated carbocycles. The Kier molecular flexibility index (Phi) is 3.96. The number of fused-ring (bicyclic) bond motifs is 1. The molecule has 21 heavy (non-hydrogen) atoms. The molecule has 0 amide bonds. The number of rotatable bonds is 3. The van der Waals surface area contributed by atoms with E-state index in [1.807, 2.05) is 42.5 Å². The molecule has 0 heterocycles. The number of ketones is 1. The SMILES string of the molecule is O=C(Cc1cccc2ccccc12)c1c(Cl)cccc1Cl. The molecule has 0 saturated heterocycles. The number of Topliss-reactive ketones (excluding diaryl/α,β-unsaturated/α-hetero) is 1. The van der Waals surface area contributed by atoms with E-state index in [1.165, 1.54) is 0 Å². The van der Waals surface area contributed by atoms with E-state index in [0.717, 1.165) is 16.3 Å². The molecule has 0 radical (unpaired) electrons. The zero-order valence-corrected chi connectivity index (χ0v) is 12.7. The molecule has 104 valence electrons. The third kappa shape index (κ3) is 2.80. The Morgan fingerprint density at radius 3 is 2.19 bits per heavy atom. The Morgan fingerprint density at radius 1 is 0.810 bits per heavy atom. The summed E-state index contributed by atoms with van der Waals surface area (Å²) >= 11 is 12.2. The molecule has 3 aromatic carbocycles. The average Bonchev–Trinajstić information content (AvgIpc) is 2.47. The highest BCUT2D eigenvalue weighted by Crippen LogP contribution is 2.27. The quantitative estimate of drug-likeness (QED) is 0.577. The second-order valence-electron chi connectivity index (χ2n) is 4.83. The van der Waals surface area contributed by atoms with Crippen LogP contribution in [0.1, 0.15) is 15.9 Å². The van der Waals surface area contributed by atoms with Crippen LogP contribution in [-0.2, 0) is 6.42 Å². The molecule has 0 bridgehead atoms. The van der Waals surface area contributed by atoms with Gasteiger partial charge in [-0.25, -0.2) is 0 Å². The Balaban J connectivity index is 2.01. The smallest absolute Gasteiger partial charge is 0.170 e. The molecule has 0 aromatic heterocycles. The maximum Gasteiger partial charge on any atom is 0.170 e. The first kappa shape index (κ1) is 14.1. The fourth-order valence-corrected chi connectivity index (χ4v) is 3.08. The number of carbonyl (C=O) groups is 1. The maximum absolute atomic E-state index is 12.5.